The van der Waals surface area contributed by atoms with E-state index < -0.39 is 0 Å². The first-order valence-corrected chi connectivity index (χ1v) is 6.47. The lowest BCUT2D eigenvalue weighted by atomic mass is 9.97. The molecule has 0 amide bonds. The van der Waals surface area contributed by atoms with Crippen LogP contribution in [-0.4, -0.2) is 36.6 Å². The van der Waals surface area contributed by atoms with E-state index in [1.165, 1.54) is 5.56 Å². The van der Waals surface area contributed by atoms with Gasteiger partial charge in [-0.25, -0.2) is 0 Å². The van der Waals surface area contributed by atoms with Gasteiger partial charge in [0.15, 0.2) is 5.78 Å². The number of hydrogen-bond donors (Lipinski definition) is 3. The number of benzene rings is 1. The molecule has 1 aliphatic rings. The molecule has 1 atom stereocenters. The van der Waals surface area contributed by atoms with Gasteiger partial charge in [-0.2, -0.15) is 0 Å². The van der Waals surface area contributed by atoms with Crippen LogP contribution < -0.4 is 10.6 Å². The van der Waals surface area contributed by atoms with Gasteiger partial charge in [-0.1, -0.05) is 0 Å². The first-order valence-electron chi connectivity index (χ1n) is 6.47. The quantitative estimate of drug-likeness (QED) is 0.685. The van der Waals surface area contributed by atoms with Crippen LogP contribution >= 0.6 is 0 Å². The number of hydrogen-bond acceptors (Lipinski definition) is 4. The van der Waals surface area contributed by atoms with Crippen molar-refractivity contribution in [2.75, 3.05) is 25.0 Å². The first-order chi connectivity index (χ1) is 8.72. The topological polar surface area (TPSA) is 61.4 Å². The summed E-state index contributed by atoms with van der Waals surface area (Å²) < 4.78 is 0. The molecule has 1 aromatic carbocycles. The van der Waals surface area contributed by atoms with Crippen LogP contribution in [0.25, 0.3) is 0 Å². The summed E-state index contributed by atoms with van der Waals surface area (Å²) in [5.41, 5.74) is 3.12. The Hall–Kier alpha value is -1.39. The summed E-state index contributed by atoms with van der Waals surface area (Å²) in [6, 6.07) is 5.59. The summed E-state index contributed by atoms with van der Waals surface area (Å²) in [6.07, 6.45) is 2.14. The van der Waals surface area contributed by atoms with Gasteiger partial charge in [0.05, 0.1) is 12.6 Å². The van der Waals surface area contributed by atoms with Crippen LogP contribution in [0.1, 0.15) is 29.3 Å². The van der Waals surface area contributed by atoms with Gasteiger partial charge < -0.3 is 15.7 Å². The van der Waals surface area contributed by atoms with Gasteiger partial charge >= 0.3 is 0 Å². The highest BCUT2D eigenvalue weighted by Gasteiger charge is 2.16. The van der Waals surface area contributed by atoms with Crippen LogP contribution in [0, 0.1) is 0 Å². The molecule has 0 saturated carbocycles. The largest absolute Gasteiger partial charge is 0.395 e. The van der Waals surface area contributed by atoms with Crippen molar-refractivity contribution in [1.82, 2.24) is 5.32 Å². The lowest BCUT2D eigenvalue weighted by Gasteiger charge is -2.19. The maximum atomic E-state index is 12.2. The van der Waals surface area contributed by atoms with Gasteiger partial charge in [-0.3, -0.25) is 4.79 Å². The van der Waals surface area contributed by atoms with E-state index in [4.69, 9.17) is 5.11 Å². The van der Waals surface area contributed by atoms with Gasteiger partial charge in [-0.05, 0) is 43.5 Å². The molecule has 18 heavy (non-hydrogen) atoms. The zero-order valence-electron chi connectivity index (χ0n) is 10.7. The molecule has 0 saturated heterocycles. The Morgan fingerprint density at radius 1 is 1.56 bits per heavy atom. The maximum Gasteiger partial charge on any atom is 0.179 e. The minimum absolute atomic E-state index is 0.0473. The molecule has 0 aliphatic carbocycles. The number of aliphatic hydroxyl groups is 1. The summed E-state index contributed by atoms with van der Waals surface area (Å²) in [4.78, 5) is 12.2. The molecule has 4 heteroatoms. The number of nitrogens with one attached hydrogen (secondary N) is 2. The lowest BCUT2D eigenvalue weighted by molar-refractivity contribution is 0.0948. The molecule has 0 bridgehead atoms. The Morgan fingerprint density at radius 3 is 3.17 bits per heavy atom. The fraction of sp³-hybridized carbons (Fsp3) is 0.500. The van der Waals surface area contributed by atoms with Crippen molar-refractivity contribution >= 4 is 11.5 Å². The zero-order valence-corrected chi connectivity index (χ0v) is 10.7. The predicted molar refractivity (Wildman–Crippen MR) is 72.1 cm³/mol. The van der Waals surface area contributed by atoms with Crippen molar-refractivity contribution in [2.24, 2.45) is 0 Å². The molecule has 3 N–H and O–H groups in total. The highest BCUT2D eigenvalue weighted by molar-refractivity contribution is 6.00. The molecule has 2 rings (SSSR count). The Kier molecular flexibility index (Phi) is 4.33. The van der Waals surface area contributed by atoms with E-state index in [1.54, 1.807) is 0 Å². The molecule has 1 aromatic rings. The van der Waals surface area contributed by atoms with Crippen LogP contribution in [-0.2, 0) is 6.42 Å². The third-order valence-corrected chi connectivity index (χ3v) is 3.28. The third-order valence-electron chi connectivity index (χ3n) is 3.28. The average molecular weight is 248 g/mol. The third kappa shape index (κ3) is 2.89. The van der Waals surface area contributed by atoms with E-state index in [1.807, 2.05) is 25.1 Å². The van der Waals surface area contributed by atoms with Crippen molar-refractivity contribution in [3.63, 3.8) is 0 Å². The van der Waals surface area contributed by atoms with Crippen LogP contribution in [0.2, 0.25) is 0 Å². The van der Waals surface area contributed by atoms with Crippen molar-refractivity contribution in [3.8, 4) is 0 Å². The monoisotopic (exact) mass is 248 g/mol. The van der Waals surface area contributed by atoms with E-state index in [-0.39, 0.29) is 18.4 Å². The van der Waals surface area contributed by atoms with Crippen molar-refractivity contribution in [3.05, 3.63) is 29.3 Å². The van der Waals surface area contributed by atoms with Gasteiger partial charge in [0.25, 0.3) is 0 Å². The van der Waals surface area contributed by atoms with E-state index in [0.29, 0.717) is 6.54 Å². The molecule has 1 aliphatic heterocycles. The highest BCUT2D eigenvalue weighted by Crippen LogP contribution is 2.23. The standard InChI is InChI=1S/C14H20N2O2/c1-10(15-7-8-17)14(18)12-4-5-13-11(9-12)3-2-6-16-13/h4-5,9-10,15-17H,2-3,6-8H2,1H3. The van der Waals surface area contributed by atoms with Crippen LogP contribution in [0.4, 0.5) is 5.69 Å². The molecule has 1 heterocycles. The van der Waals surface area contributed by atoms with E-state index in [2.05, 4.69) is 10.6 Å². The number of carbonyl (C=O) groups excluding carboxylic acids is 1. The number of carbonyl (C=O) groups is 1. The molecular weight excluding hydrogens is 228 g/mol. The van der Waals surface area contributed by atoms with Crippen LogP contribution in [0.5, 0.6) is 0 Å². The minimum Gasteiger partial charge on any atom is -0.395 e. The fourth-order valence-electron chi connectivity index (χ4n) is 2.25. The van der Waals surface area contributed by atoms with E-state index in [9.17, 15) is 4.79 Å². The number of aliphatic hydroxyl groups excluding tert-OH is 1. The summed E-state index contributed by atoms with van der Waals surface area (Å²) >= 11 is 0. The Balaban J connectivity index is 2.10. The average Bonchev–Trinajstić information content (AvgIpc) is 2.43. The van der Waals surface area contributed by atoms with Crippen LogP contribution in [0.15, 0.2) is 18.2 Å². The Bertz CT molecular complexity index is 432. The normalized spacial score (nSPS) is 15.7. The molecule has 0 radical (unpaired) electrons. The van der Waals surface area contributed by atoms with Crippen molar-refractivity contribution in [1.29, 1.82) is 0 Å². The van der Waals surface area contributed by atoms with E-state index in [0.717, 1.165) is 30.6 Å². The molecule has 4 nitrogen and oxygen atoms in total. The summed E-state index contributed by atoms with van der Waals surface area (Å²) in [7, 11) is 0. The van der Waals surface area contributed by atoms with Crippen molar-refractivity contribution in [2.45, 2.75) is 25.8 Å². The van der Waals surface area contributed by atoms with Gasteiger partial charge in [0, 0.05) is 24.3 Å². The van der Waals surface area contributed by atoms with Gasteiger partial charge in [0.1, 0.15) is 0 Å². The second-order valence-electron chi connectivity index (χ2n) is 4.67. The Labute approximate surface area is 107 Å². The summed E-state index contributed by atoms with van der Waals surface area (Å²) in [5, 5.41) is 15.1. The molecule has 98 valence electrons. The minimum atomic E-state index is -0.258. The summed E-state index contributed by atoms with van der Waals surface area (Å²) in [5.74, 6) is 0.0804. The second-order valence-corrected chi connectivity index (χ2v) is 4.67. The predicted octanol–water partition coefficient (Wildman–Crippen LogP) is 1.20. The number of Topliss-reactive ketones (excluding diaryl/α,β-unsaturated/α-hetero) is 1. The zero-order chi connectivity index (χ0) is 13.0. The number of rotatable bonds is 5. The second kappa shape index (κ2) is 5.98. The first kappa shape index (κ1) is 13.1. The highest BCUT2D eigenvalue weighted by atomic mass is 16.3. The fourth-order valence-corrected chi connectivity index (χ4v) is 2.25. The number of fused-ring (bicyclic) bond motifs is 1. The SMILES string of the molecule is CC(NCCO)C(=O)c1ccc2c(c1)CCCN2. The molecular formula is C14H20N2O2. The molecule has 0 fully saturated rings. The smallest absolute Gasteiger partial charge is 0.179 e. The number of aryl methyl sites for hydroxylation is 1. The molecule has 1 unspecified atom stereocenters. The molecule has 0 aromatic heterocycles. The number of ketones is 1. The van der Waals surface area contributed by atoms with Crippen LogP contribution in [0.3, 0.4) is 0 Å². The Morgan fingerprint density at radius 2 is 2.39 bits per heavy atom. The number of anilines is 1. The van der Waals surface area contributed by atoms with Crippen molar-refractivity contribution < 1.29 is 9.90 Å². The van der Waals surface area contributed by atoms with E-state index >= 15 is 0 Å². The summed E-state index contributed by atoms with van der Waals surface area (Å²) in [6.45, 7) is 3.33. The van der Waals surface area contributed by atoms with Gasteiger partial charge in [-0.15, -0.1) is 0 Å². The molecule has 0 spiro atoms. The maximum absolute atomic E-state index is 12.2. The van der Waals surface area contributed by atoms with Gasteiger partial charge in [0.2, 0.25) is 0 Å². The lowest BCUT2D eigenvalue weighted by Crippen LogP contribution is -2.35.